The molecule has 34 heavy (non-hydrogen) atoms. The zero-order valence-electron chi connectivity index (χ0n) is 19.7. The van der Waals surface area contributed by atoms with Crippen LogP contribution in [0, 0.1) is 5.92 Å². The van der Waals surface area contributed by atoms with Crippen LogP contribution in [0.5, 0.6) is 5.75 Å². The molecule has 4 N–H and O–H groups in total. The van der Waals surface area contributed by atoms with Gasteiger partial charge in [0.05, 0.1) is 18.7 Å². The highest BCUT2D eigenvalue weighted by molar-refractivity contribution is 8.16. The van der Waals surface area contributed by atoms with Crippen molar-refractivity contribution in [2.75, 3.05) is 25.6 Å². The fourth-order valence-electron chi connectivity index (χ4n) is 3.27. The molecule has 0 saturated heterocycles. The summed E-state index contributed by atoms with van der Waals surface area (Å²) in [6, 6.07) is 2.44. The number of nitrogens with two attached hydrogens (primary N) is 1. The molecule has 2 heterocycles. The van der Waals surface area contributed by atoms with Crippen molar-refractivity contribution in [1.29, 1.82) is 0 Å². The van der Waals surface area contributed by atoms with Crippen molar-refractivity contribution in [1.82, 2.24) is 5.32 Å². The number of aliphatic hydroxyl groups is 1. The molecule has 188 valence electrons. The maximum absolute atomic E-state index is 13.1. The van der Waals surface area contributed by atoms with Gasteiger partial charge in [-0.05, 0) is 44.9 Å². The first kappa shape index (κ1) is 26.2. The molecule has 10 nitrogen and oxygen atoms in total. The van der Waals surface area contributed by atoms with Crippen LogP contribution < -0.4 is 21.4 Å². The Morgan fingerprint density at radius 2 is 2.24 bits per heavy atom. The number of hydrogen-bond acceptors (Lipinski definition) is 10. The van der Waals surface area contributed by atoms with Gasteiger partial charge in [0.2, 0.25) is 0 Å². The molecule has 1 aliphatic carbocycles. The minimum absolute atomic E-state index is 0.111. The number of carbonyl (C=O) groups is 1. The summed E-state index contributed by atoms with van der Waals surface area (Å²) in [6.07, 6.45) is 4.93. The summed E-state index contributed by atoms with van der Waals surface area (Å²) in [7, 11) is 0. The lowest BCUT2D eigenvalue weighted by Gasteiger charge is -2.24. The van der Waals surface area contributed by atoms with Crippen molar-refractivity contribution in [2.24, 2.45) is 21.8 Å². The number of amides is 1. The summed E-state index contributed by atoms with van der Waals surface area (Å²) in [4.78, 5) is 34.9. The van der Waals surface area contributed by atoms with E-state index in [2.05, 4.69) is 15.5 Å². The number of hydrogen-bond donors (Lipinski definition) is 3. The molecule has 0 bridgehead atoms. The Hall–Kier alpha value is -2.37. The van der Waals surface area contributed by atoms with Gasteiger partial charge in [-0.25, -0.2) is 9.79 Å². The van der Waals surface area contributed by atoms with E-state index in [9.17, 15) is 9.59 Å². The number of carbonyl (C=O) groups excluding carboxylic acids is 1. The first-order chi connectivity index (χ1) is 16.3. The minimum Gasteiger partial charge on any atom is -0.493 e. The highest BCUT2D eigenvalue weighted by atomic mass is 32.2. The third kappa shape index (κ3) is 7.57. The van der Waals surface area contributed by atoms with E-state index in [0.29, 0.717) is 60.7 Å². The number of oxime groups is 1. The van der Waals surface area contributed by atoms with Crippen LogP contribution in [-0.4, -0.2) is 53.0 Å². The van der Waals surface area contributed by atoms with Crippen LogP contribution >= 0.6 is 11.8 Å². The molecule has 1 aromatic heterocycles. The van der Waals surface area contributed by atoms with Gasteiger partial charge in [-0.1, -0.05) is 18.5 Å². The van der Waals surface area contributed by atoms with Gasteiger partial charge in [-0.15, -0.1) is 11.8 Å². The fourth-order valence-corrected chi connectivity index (χ4v) is 4.30. The smallest absolute Gasteiger partial charge is 0.339 e. The van der Waals surface area contributed by atoms with Crippen molar-refractivity contribution in [3.05, 3.63) is 28.3 Å². The molecular formula is C23H34N4O6S. The van der Waals surface area contributed by atoms with E-state index in [4.69, 9.17) is 24.8 Å². The number of nitrogens with zero attached hydrogens (tertiary/aromatic N) is 2. The molecule has 1 aliphatic heterocycles. The van der Waals surface area contributed by atoms with Gasteiger partial charge in [0, 0.05) is 18.4 Å². The number of thioether (sulfide) groups is 1. The number of aliphatic hydroxyl groups excluding tert-OH is 1. The van der Waals surface area contributed by atoms with Gasteiger partial charge >= 0.3 is 5.63 Å². The molecular weight excluding hydrogens is 460 g/mol. The number of nitrogens with one attached hydrogen (secondary N) is 1. The standard InChI is InChI=1S/C23H34N4O6S/c1-3-6-18(19-11-17(12-20(29)33-19)31-13-16-7-8-16)25-22(30)23(24)14-34-21(26-23)15(2)27-32-10-5-4-9-28/h11-12,16,18,28H,3-10,13-14,24H2,1-2H3,(H,25,30)/b27-15+/t18-,23+/m1/s1. The van der Waals surface area contributed by atoms with Crippen LogP contribution in [0.3, 0.4) is 0 Å². The summed E-state index contributed by atoms with van der Waals surface area (Å²) in [5.74, 6) is 1.11. The van der Waals surface area contributed by atoms with E-state index in [0.717, 1.165) is 19.3 Å². The van der Waals surface area contributed by atoms with Crippen molar-refractivity contribution in [3.8, 4) is 5.75 Å². The van der Waals surface area contributed by atoms with Gasteiger partial charge in [-0.2, -0.15) is 0 Å². The lowest BCUT2D eigenvalue weighted by Crippen LogP contribution is -2.54. The molecule has 1 aromatic rings. The summed E-state index contributed by atoms with van der Waals surface area (Å²) in [5, 5.41) is 16.3. The second-order valence-electron chi connectivity index (χ2n) is 8.65. The predicted octanol–water partition coefficient (Wildman–Crippen LogP) is 2.35. The molecule has 0 unspecified atom stereocenters. The van der Waals surface area contributed by atoms with Crippen molar-refractivity contribution in [2.45, 2.75) is 64.1 Å². The average molecular weight is 495 g/mol. The maximum Gasteiger partial charge on any atom is 0.339 e. The quantitative estimate of drug-likeness (QED) is 0.203. The summed E-state index contributed by atoms with van der Waals surface area (Å²) in [6.45, 7) is 4.78. The average Bonchev–Trinajstić information content (AvgIpc) is 3.56. The van der Waals surface area contributed by atoms with Crippen LogP contribution in [0.1, 0.15) is 64.2 Å². The Kier molecular flexibility index (Phi) is 9.54. The van der Waals surface area contributed by atoms with E-state index in [1.54, 1.807) is 13.0 Å². The Labute approximate surface area is 203 Å². The number of unbranched alkanes of at least 4 members (excludes halogenated alkanes) is 1. The Bertz CT molecular complexity index is 961. The van der Waals surface area contributed by atoms with E-state index < -0.39 is 23.2 Å². The minimum atomic E-state index is -1.47. The molecule has 2 atom stereocenters. The highest BCUT2D eigenvalue weighted by Gasteiger charge is 2.41. The van der Waals surface area contributed by atoms with Crippen molar-refractivity contribution in [3.63, 3.8) is 0 Å². The zero-order chi connectivity index (χ0) is 24.6. The van der Waals surface area contributed by atoms with E-state index >= 15 is 0 Å². The summed E-state index contributed by atoms with van der Waals surface area (Å²) in [5.41, 5.74) is 4.87. The molecule has 0 radical (unpaired) electrons. The molecule has 3 rings (SSSR count). The lowest BCUT2D eigenvalue weighted by atomic mass is 10.1. The Balaban J connectivity index is 1.66. The third-order valence-electron chi connectivity index (χ3n) is 5.45. The van der Waals surface area contributed by atoms with Gasteiger partial charge in [-0.3, -0.25) is 10.5 Å². The van der Waals surface area contributed by atoms with Crippen LogP contribution in [0.15, 0.2) is 31.5 Å². The molecule has 1 saturated carbocycles. The molecule has 2 aliphatic rings. The fraction of sp³-hybridized carbons (Fsp3) is 0.652. The molecule has 0 aromatic carbocycles. The van der Waals surface area contributed by atoms with Crippen molar-refractivity contribution < 1.29 is 23.9 Å². The van der Waals surface area contributed by atoms with Crippen LogP contribution in [0.2, 0.25) is 0 Å². The number of aliphatic imine (C=N–C) groups is 1. The summed E-state index contributed by atoms with van der Waals surface area (Å²) < 4.78 is 11.1. The van der Waals surface area contributed by atoms with Gasteiger partial charge in [0.15, 0.2) is 5.66 Å². The SMILES string of the molecule is CCC[C@@H](NC(=O)[C@]1(N)CSC(/C(C)=N/OCCCCO)=N1)c1cc(OCC2CC2)cc(=O)o1. The van der Waals surface area contributed by atoms with E-state index in [1.807, 2.05) is 6.92 Å². The third-order valence-corrected chi connectivity index (χ3v) is 6.69. The van der Waals surface area contributed by atoms with Crippen LogP contribution in [0.25, 0.3) is 0 Å². The zero-order valence-corrected chi connectivity index (χ0v) is 20.6. The van der Waals surface area contributed by atoms with E-state index in [-0.39, 0.29) is 12.4 Å². The molecule has 1 fully saturated rings. The van der Waals surface area contributed by atoms with E-state index in [1.165, 1.54) is 17.8 Å². The number of ether oxygens (including phenoxy) is 1. The monoisotopic (exact) mass is 494 g/mol. The van der Waals surface area contributed by atoms with Crippen LogP contribution in [0.4, 0.5) is 0 Å². The number of rotatable bonds is 14. The largest absolute Gasteiger partial charge is 0.493 e. The first-order valence-corrected chi connectivity index (χ1v) is 12.7. The van der Waals surface area contributed by atoms with Gasteiger partial charge in [0.25, 0.3) is 5.91 Å². The molecule has 0 spiro atoms. The predicted molar refractivity (Wildman–Crippen MR) is 131 cm³/mol. The normalized spacial score (nSPS) is 21.2. The van der Waals surface area contributed by atoms with Crippen LogP contribution in [-0.2, 0) is 9.63 Å². The van der Waals surface area contributed by atoms with Gasteiger partial charge in [0.1, 0.15) is 28.9 Å². The second kappa shape index (κ2) is 12.4. The Morgan fingerprint density at radius 3 is 2.94 bits per heavy atom. The topological polar surface area (TPSA) is 149 Å². The maximum atomic E-state index is 13.1. The lowest BCUT2D eigenvalue weighted by molar-refractivity contribution is -0.126. The molecule has 1 amide bonds. The first-order valence-electron chi connectivity index (χ1n) is 11.7. The summed E-state index contributed by atoms with van der Waals surface area (Å²) >= 11 is 1.33. The van der Waals surface area contributed by atoms with Gasteiger partial charge < -0.3 is 24.4 Å². The Morgan fingerprint density at radius 1 is 1.44 bits per heavy atom. The highest BCUT2D eigenvalue weighted by Crippen LogP contribution is 2.30. The second-order valence-corrected chi connectivity index (χ2v) is 9.62. The van der Waals surface area contributed by atoms with Crippen molar-refractivity contribution >= 4 is 28.4 Å². The molecule has 11 heteroatoms.